The van der Waals surface area contributed by atoms with E-state index in [1.807, 2.05) is 13.8 Å². The van der Waals surface area contributed by atoms with Gasteiger partial charge in [0.1, 0.15) is 4.29 Å². The summed E-state index contributed by atoms with van der Waals surface area (Å²) >= 11 is 18.5. The van der Waals surface area contributed by atoms with Gasteiger partial charge in [-0.25, -0.2) is 0 Å². The second-order valence-corrected chi connectivity index (χ2v) is 6.87. The predicted octanol–water partition coefficient (Wildman–Crippen LogP) is 4.12. The number of alkyl halides is 4. The monoisotopic (exact) mass is 310 g/mol. The van der Waals surface area contributed by atoms with E-state index < -0.39 is 0 Å². The molecule has 0 spiro atoms. The van der Waals surface area contributed by atoms with Crippen LogP contribution >= 0.6 is 55.1 Å². The number of rotatable bonds is 3. The van der Waals surface area contributed by atoms with Crippen molar-refractivity contribution in [3.8, 4) is 0 Å². The molecule has 0 nitrogen and oxygen atoms in total. The van der Waals surface area contributed by atoms with Gasteiger partial charge in [-0.3, -0.25) is 0 Å². The molecular weight excluding hydrogens is 303 g/mol. The third kappa shape index (κ3) is 4.42. The summed E-state index contributed by atoms with van der Waals surface area (Å²) in [6.07, 6.45) is 0.841. The average molecular weight is 313 g/mol. The number of hydrogen-bond acceptors (Lipinski definition) is 0. The summed E-state index contributed by atoms with van der Waals surface area (Å²) in [5, 5.41) is 0. The molecular formula is C6H10Br2Cl2. The van der Waals surface area contributed by atoms with E-state index >= 15 is 0 Å². The van der Waals surface area contributed by atoms with Crippen molar-refractivity contribution in [2.24, 2.45) is 0 Å². The Bertz CT molecular complexity index is 102. The van der Waals surface area contributed by atoms with Gasteiger partial charge in [0.2, 0.25) is 0 Å². The molecule has 4 heteroatoms. The molecule has 0 aliphatic carbocycles. The number of hydrogen-bond donors (Lipinski definition) is 0. The van der Waals surface area contributed by atoms with Crippen LogP contribution in [0.15, 0.2) is 0 Å². The van der Waals surface area contributed by atoms with Gasteiger partial charge >= 0.3 is 0 Å². The molecule has 0 aromatic carbocycles. The molecule has 0 saturated heterocycles. The van der Waals surface area contributed by atoms with Crippen LogP contribution in [0.2, 0.25) is 0 Å². The van der Waals surface area contributed by atoms with E-state index in [9.17, 15) is 0 Å². The highest BCUT2D eigenvalue weighted by molar-refractivity contribution is 9.10. The molecule has 0 amide bonds. The second kappa shape index (κ2) is 4.54. The van der Waals surface area contributed by atoms with Gasteiger partial charge < -0.3 is 0 Å². The molecule has 0 aromatic heterocycles. The minimum Gasteiger partial charge on any atom is -0.117 e. The fraction of sp³-hybridized carbons (Fsp3) is 1.00. The van der Waals surface area contributed by atoms with Gasteiger partial charge in [0, 0.05) is 4.83 Å². The van der Waals surface area contributed by atoms with E-state index in [4.69, 9.17) is 23.2 Å². The summed E-state index contributed by atoms with van der Waals surface area (Å²) in [6, 6.07) is 0. The Hall–Kier alpha value is 1.54. The SMILES string of the molecule is CC(Br)CC(C)(Cl)C(Cl)Br. The Labute approximate surface area is 88.9 Å². The van der Waals surface area contributed by atoms with Crippen LogP contribution in [0, 0.1) is 0 Å². The molecule has 0 radical (unpaired) electrons. The predicted molar refractivity (Wildman–Crippen MR) is 55.8 cm³/mol. The van der Waals surface area contributed by atoms with Gasteiger partial charge in [-0.05, 0) is 13.3 Å². The van der Waals surface area contributed by atoms with E-state index in [1.165, 1.54) is 0 Å². The van der Waals surface area contributed by atoms with Gasteiger partial charge in [0.25, 0.3) is 0 Å². The smallest absolute Gasteiger partial charge is 0.107 e. The van der Waals surface area contributed by atoms with Crippen LogP contribution in [0.1, 0.15) is 20.3 Å². The molecule has 0 heterocycles. The third-order valence-corrected chi connectivity index (χ3v) is 3.70. The lowest BCUT2D eigenvalue weighted by molar-refractivity contribution is 0.621. The van der Waals surface area contributed by atoms with Gasteiger partial charge in [-0.2, -0.15) is 0 Å². The first-order valence-corrected chi connectivity index (χ1v) is 5.62. The highest BCUT2D eigenvalue weighted by Crippen LogP contribution is 2.34. The lowest BCUT2D eigenvalue weighted by Crippen LogP contribution is -2.27. The lowest BCUT2D eigenvalue weighted by atomic mass is 10.1. The van der Waals surface area contributed by atoms with E-state index in [0.29, 0.717) is 4.83 Å². The zero-order valence-corrected chi connectivity index (χ0v) is 10.6. The van der Waals surface area contributed by atoms with Gasteiger partial charge in [0.05, 0.1) is 4.87 Å². The van der Waals surface area contributed by atoms with Crippen molar-refractivity contribution in [2.75, 3.05) is 0 Å². The molecule has 0 saturated carbocycles. The van der Waals surface area contributed by atoms with E-state index in [2.05, 4.69) is 31.9 Å². The highest BCUT2D eigenvalue weighted by Gasteiger charge is 2.29. The number of halogens is 4. The van der Waals surface area contributed by atoms with E-state index in [0.717, 1.165) is 6.42 Å². The summed E-state index contributed by atoms with van der Waals surface area (Å²) in [5.41, 5.74) is 0. The van der Waals surface area contributed by atoms with Crippen molar-refractivity contribution in [3.63, 3.8) is 0 Å². The largest absolute Gasteiger partial charge is 0.117 e. The normalized spacial score (nSPS) is 23.4. The molecule has 0 rings (SSSR count). The summed E-state index contributed by atoms with van der Waals surface area (Å²) in [5.74, 6) is 0. The second-order valence-electron chi connectivity index (χ2n) is 2.56. The zero-order chi connectivity index (χ0) is 8.36. The standard InChI is InChI=1S/C6H10Br2Cl2/c1-4(7)3-6(2,10)5(8)9/h4-5H,3H2,1-2H3. The Kier molecular flexibility index (Phi) is 5.24. The van der Waals surface area contributed by atoms with E-state index in [1.54, 1.807) is 0 Å². The molecule has 3 atom stereocenters. The van der Waals surface area contributed by atoms with Crippen LogP contribution in [0.5, 0.6) is 0 Å². The topological polar surface area (TPSA) is 0 Å². The van der Waals surface area contributed by atoms with Crippen molar-refractivity contribution in [2.45, 2.75) is 34.3 Å². The maximum absolute atomic E-state index is 6.06. The quantitative estimate of drug-likeness (QED) is 0.688. The Balaban J connectivity index is 3.87. The van der Waals surface area contributed by atoms with Crippen LogP contribution < -0.4 is 0 Å². The summed E-state index contributed by atoms with van der Waals surface area (Å²) in [6.45, 7) is 3.96. The van der Waals surface area contributed by atoms with Gasteiger partial charge in [0.15, 0.2) is 0 Å². The van der Waals surface area contributed by atoms with E-state index in [-0.39, 0.29) is 9.16 Å². The molecule has 0 aliphatic heterocycles. The first kappa shape index (κ1) is 11.5. The van der Waals surface area contributed by atoms with Crippen LogP contribution in [0.4, 0.5) is 0 Å². The van der Waals surface area contributed by atoms with Crippen LogP contribution in [0.25, 0.3) is 0 Å². The van der Waals surface area contributed by atoms with Crippen molar-refractivity contribution in [1.29, 1.82) is 0 Å². The molecule has 62 valence electrons. The molecule has 3 unspecified atom stereocenters. The van der Waals surface area contributed by atoms with Crippen LogP contribution in [0.3, 0.4) is 0 Å². The summed E-state index contributed by atoms with van der Waals surface area (Å²) < 4.78 is -0.179. The average Bonchev–Trinajstić information content (AvgIpc) is 1.60. The van der Waals surface area contributed by atoms with Gasteiger partial charge in [-0.1, -0.05) is 38.8 Å². The molecule has 0 bridgehead atoms. The first-order valence-electron chi connectivity index (χ1n) is 2.97. The summed E-state index contributed by atoms with van der Waals surface area (Å²) in [7, 11) is 0. The van der Waals surface area contributed by atoms with Crippen LogP contribution in [-0.2, 0) is 0 Å². The maximum atomic E-state index is 6.06. The maximum Gasteiger partial charge on any atom is 0.107 e. The molecule has 10 heavy (non-hydrogen) atoms. The molecule has 0 aromatic rings. The Morgan fingerprint density at radius 1 is 1.50 bits per heavy atom. The fourth-order valence-corrected chi connectivity index (χ4v) is 2.01. The zero-order valence-electron chi connectivity index (χ0n) is 5.87. The highest BCUT2D eigenvalue weighted by atomic mass is 79.9. The molecule has 0 fully saturated rings. The minimum atomic E-state index is -0.371. The van der Waals surface area contributed by atoms with Crippen LogP contribution in [-0.4, -0.2) is 14.0 Å². The van der Waals surface area contributed by atoms with Crippen molar-refractivity contribution < 1.29 is 0 Å². The van der Waals surface area contributed by atoms with Crippen molar-refractivity contribution in [1.82, 2.24) is 0 Å². The van der Waals surface area contributed by atoms with Crippen molar-refractivity contribution >= 4 is 55.1 Å². The summed E-state index contributed by atoms with van der Waals surface area (Å²) in [4.78, 5) is 0.0265. The Morgan fingerprint density at radius 3 is 2.00 bits per heavy atom. The van der Waals surface area contributed by atoms with Gasteiger partial charge in [-0.15, -0.1) is 23.2 Å². The fourth-order valence-electron chi connectivity index (χ4n) is 0.639. The molecule has 0 aliphatic rings. The molecule has 0 N–H and O–H groups in total. The van der Waals surface area contributed by atoms with Crippen molar-refractivity contribution in [3.05, 3.63) is 0 Å². The third-order valence-electron chi connectivity index (χ3n) is 1.14. The first-order chi connectivity index (χ1) is 4.36. The Morgan fingerprint density at radius 2 is 1.90 bits per heavy atom. The lowest BCUT2D eigenvalue weighted by Gasteiger charge is -2.24. The minimum absolute atomic E-state index is 0.179.